The number of rotatable bonds is 6. The Labute approximate surface area is 218 Å². The van der Waals surface area contributed by atoms with E-state index in [-0.39, 0.29) is 37.7 Å². The molecule has 5 nitrogen and oxygen atoms in total. The zero-order valence-corrected chi connectivity index (χ0v) is 22.9. The van der Waals surface area contributed by atoms with Gasteiger partial charge in [0.15, 0.2) is 0 Å². The molecular weight excluding hydrogens is 550 g/mol. The number of methoxy groups -OCH3 is 2. The van der Waals surface area contributed by atoms with Gasteiger partial charge in [0.05, 0.1) is 27.1 Å². The molecule has 2 aromatic rings. The highest BCUT2D eigenvalue weighted by Gasteiger charge is 2.13. The zero-order chi connectivity index (χ0) is 25.6. The van der Waals surface area contributed by atoms with Crippen molar-refractivity contribution in [3.63, 3.8) is 0 Å². The van der Waals surface area contributed by atoms with Crippen LogP contribution >= 0.6 is 31.9 Å². The summed E-state index contributed by atoms with van der Waals surface area (Å²) in [4.78, 5) is 22.1. The fourth-order valence-electron chi connectivity index (χ4n) is 2.59. The average molecular weight is 590 g/mol. The summed E-state index contributed by atoms with van der Waals surface area (Å²) >= 11 is 6.91. The van der Waals surface area contributed by atoms with Gasteiger partial charge in [0.2, 0.25) is 0 Å². The van der Waals surface area contributed by atoms with Crippen LogP contribution in [0.3, 0.4) is 0 Å². The predicted octanol–water partition coefficient (Wildman–Crippen LogP) is 7.41. The number of hydrogen-bond donors (Lipinski definition) is 1. The van der Waals surface area contributed by atoms with Crippen molar-refractivity contribution >= 4 is 43.8 Å². The van der Waals surface area contributed by atoms with E-state index < -0.39 is 0 Å². The van der Waals surface area contributed by atoms with Crippen LogP contribution in [0.15, 0.2) is 45.3 Å². The summed E-state index contributed by atoms with van der Waals surface area (Å²) in [5, 5.41) is 0. The summed E-state index contributed by atoms with van der Waals surface area (Å²) in [5.74, 6) is -0.271. The standard InChI is InChI=1S/C12H15BrO2.C11H14BrNO2.C2H6.CH4/c1-8-4-5-10(7-11(8)13)9(2)6-12(14)15-3;1-7-3-4-8(5-9(7)12)10(13)6-11(14)15-2;1-2;/h4-5,7,9H,6H2,1-3H3;3-5,10H,6,13H2,1-2H3;1-2H3;1H4/i;;1D;. The van der Waals surface area contributed by atoms with Gasteiger partial charge in [-0.25, -0.2) is 0 Å². The molecule has 2 unspecified atom stereocenters. The number of aryl methyl sites for hydroxylation is 2. The Kier molecular flexibility index (Phi) is 16.8. The van der Waals surface area contributed by atoms with E-state index in [1.807, 2.05) is 51.1 Å². The minimum absolute atomic E-state index is 0. The molecule has 0 saturated carbocycles. The van der Waals surface area contributed by atoms with Crippen molar-refractivity contribution < 1.29 is 20.4 Å². The first-order valence-corrected chi connectivity index (χ1v) is 11.8. The lowest BCUT2D eigenvalue weighted by Crippen LogP contribution is -2.16. The van der Waals surface area contributed by atoms with Crippen molar-refractivity contribution in [3.8, 4) is 0 Å². The molecule has 2 atom stereocenters. The maximum atomic E-state index is 11.1. The third-order valence-electron chi connectivity index (χ3n) is 4.70. The third-order valence-corrected chi connectivity index (χ3v) is 6.41. The van der Waals surface area contributed by atoms with Crippen LogP contribution in [0.1, 0.15) is 76.6 Å². The van der Waals surface area contributed by atoms with Gasteiger partial charge >= 0.3 is 11.9 Å². The minimum atomic E-state index is -0.311. The quantitative estimate of drug-likeness (QED) is 0.355. The van der Waals surface area contributed by atoms with Gasteiger partial charge in [-0.15, -0.1) is 0 Å². The monoisotopic (exact) mass is 588 g/mol. The summed E-state index contributed by atoms with van der Waals surface area (Å²) in [6.07, 6.45) is 0.623. The fourth-order valence-corrected chi connectivity index (χ4v) is 3.38. The highest BCUT2D eigenvalue weighted by atomic mass is 79.9. The van der Waals surface area contributed by atoms with Crippen LogP contribution in [0.5, 0.6) is 0 Å². The van der Waals surface area contributed by atoms with E-state index in [4.69, 9.17) is 7.10 Å². The Morgan fingerprint density at radius 1 is 0.939 bits per heavy atom. The third kappa shape index (κ3) is 12.4. The first kappa shape index (κ1) is 31.3. The second kappa shape index (κ2) is 17.7. The fraction of sp³-hybridized carbons (Fsp3) is 0.462. The van der Waals surface area contributed by atoms with Crippen molar-refractivity contribution in [2.45, 2.75) is 66.8 Å². The molecule has 0 aliphatic carbocycles. The van der Waals surface area contributed by atoms with Gasteiger partial charge in [-0.1, -0.05) is 84.3 Å². The van der Waals surface area contributed by atoms with Gasteiger partial charge < -0.3 is 15.2 Å². The molecule has 0 fully saturated rings. The summed E-state index contributed by atoms with van der Waals surface area (Å²) in [6, 6.07) is 11.7. The van der Waals surface area contributed by atoms with Crippen LogP contribution in [-0.2, 0) is 19.1 Å². The van der Waals surface area contributed by atoms with Crippen LogP contribution < -0.4 is 5.73 Å². The molecule has 0 aromatic heterocycles. The number of halogens is 2. The molecule has 7 heteroatoms. The van der Waals surface area contributed by atoms with Gasteiger partial charge in [0.25, 0.3) is 0 Å². The van der Waals surface area contributed by atoms with Gasteiger partial charge in [0, 0.05) is 16.4 Å². The lowest BCUT2D eigenvalue weighted by Gasteiger charge is -2.11. The van der Waals surface area contributed by atoms with Crippen LogP contribution in [0.2, 0.25) is 0 Å². The average Bonchev–Trinajstić information content (AvgIpc) is 2.78. The minimum Gasteiger partial charge on any atom is -0.469 e. The molecule has 0 amide bonds. The molecule has 0 aliphatic rings. The Balaban J connectivity index is 0. The van der Waals surface area contributed by atoms with Gasteiger partial charge in [-0.2, -0.15) is 0 Å². The Bertz CT molecular complexity index is 822. The zero-order valence-electron chi connectivity index (χ0n) is 20.7. The van der Waals surface area contributed by atoms with Crippen molar-refractivity contribution in [3.05, 3.63) is 67.6 Å². The first-order valence-electron chi connectivity index (χ1n) is 10.9. The molecule has 2 rings (SSSR count). The van der Waals surface area contributed by atoms with Crippen molar-refractivity contribution in [1.29, 1.82) is 0 Å². The maximum Gasteiger partial charge on any atom is 0.307 e. The molecular formula is C26H39Br2NO4. The molecule has 2 N–H and O–H groups in total. The number of benzene rings is 2. The normalized spacial score (nSPS) is 11.7. The number of carbonyl (C=O) groups excluding carboxylic acids is 2. The Morgan fingerprint density at radius 3 is 1.76 bits per heavy atom. The van der Waals surface area contributed by atoms with Crippen molar-refractivity contribution in [2.24, 2.45) is 5.73 Å². The van der Waals surface area contributed by atoms with Crippen LogP contribution in [0, 0.1) is 13.8 Å². The van der Waals surface area contributed by atoms with Gasteiger partial charge in [0.1, 0.15) is 0 Å². The number of carbonyl (C=O) groups is 2. The highest BCUT2D eigenvalue weighted by molar-refractivity contribution is 9.10. The summed E-state index contributed by atoms with van der Waals surface area (Å²) < 4.78 is 17.5. The Morgan fingerprint density at radius 2 is 1.33 bits per heavy atom. The molecule has 2 aromatic carbocycles. The maximum absolute atomic E-state index is 11.1. The number of hydrogen-bond acceptors (Lipinski definition) is 5. The Hall–Kier alpha value is -1.70. The predicted molar refractivity (Wildman–Crippen MR) is 144 cm³/mol. The van der Waals surface area contributed by atoms with Crippen LogP contribution in [-0.4, -0.2) is 26.2 Å². The smallest absolute Gasteiger partial charge is 0.307 e. The molecule has 0 spiro atoms. The van der Waals surface area contributed by atoms with E-state index >= 15 is 0 Å². The van der Waals surface area contributed by atoms with E-state index in [9.17, 15) is 9.59 Å². The summed E-state index contributed by atoms with van der Waals surface area (Å²) in [5.41, 5.74) is 10.3. The lowest BCUT2D eigenvalue weighted by molar-refractivity contribution is -0.141. The van der Waals surface area contributed by atoms with E-state index in [0.29, 0.717) is 13.3 Å². The number of esters is 2. The van der Waals surface area contributed by atoms with E-state index in [0.717, 1.165) is 25.6 Å². The van der Waals surface area contributed by atoms with Crippen LogP contribution in [0.4, 0.5) is 0 Å². The second-order valence-corrected chi connectivity index (χ2v) is 8.79. The molecule has 0 radical (unpaired) electrons. The van der Waals surface area contributed by atoms with Gasteiger partial charge in [-0.05, 0) is 54.2 Å². The van der Waals surface area contributed by atoms with Crippen molar-refractivity contribution in [2.75, 3.05) is 14.2 Å². The molecule has 33 heavy (non-hydrogen) atoms. The van der Waals surface area contributed by atoms with E-state index in [2.05, 4.69) is 47.4 Å². The van der Waals surface area contributed by atoms with E-state index in [1.54, 1.807) is 6.92 Å². The van der Waals surface area contributed by atoms with Crippen LogP contribution in [0.25, 0.3) is 0 Å². The topological polar surface area (TPSA) is 78.6 Å². The molecule has 0 aliphatic heterocycles. The number of nitrogens with two attached hydrogens (primary N) is 1. The largest absolute Gasteiger partial charge is 0.469 e. The lowest BCUT2D eigenvalue weighted by atomic mass is 9.97. The second-order valence-electron chi connectivity index (χ2n) is 7.09. The molecule has 0 bridgehead atoms. The van der Waals surface area contributed by atoms with Crippen molar-refractivity contribution in [1.82, 2.24) is 0 Å². The summed E-state index contributed by atoms with van der Waals surface area (Å²) in [7, 11) is 2.78. The molecule has 0 saturated heterocycles. The molecule has 186 valence electrons. The van der Waals surface area contributed by atoms with E-state index in [1.165, 1.54) is 19.8 Å². The first-order chi connectivity index (χ1) is 15.5. The number of ether oxygens (including phenoxy) is 2. The van der Waals surface area contributed by atoms with Gasteiger partial charge in [-0.3, -0.25) is 9.59 Å². The SMILES string of the molecule is C.COC(=O)CC(C)c1ccc(C)c(Br)c1.COC(=O)CC(N)c1ccc(C)c(Br)c1.[2H]CC. The summed E-state index contributed by atoms with van der Waals surface area (Å²) in [6.45, 7) is 8.35. The highest BCUT2D eigenvalue weighted by Crippen LogP contribution is 2.25. The molecule has 0 heterocycles.